The van der Waals surface area contributed by atoms with Crippen molar-refractivity contribution < 1.29 is 9.53 Å². The number of carbonyl (C=O) groups excluding carboxylic acids is 1. The van der Waals surface area contributed by atoms with Crippen LogP contribution in [0.4, 0.5) is 5.69 Å². The van der Waals surface area contributed by atoms with Crippen molar-refractivity contribution in [2.45, 2.75) is 14.7 Å². The number of thiophene rings is 3. The standard InChI is InChI=1S/C54H39NO2S6/c1-2-50(56)57-43-20-9-13-34-29-35(27-28-36(34)43)55-30-54(31-58-47-24-10-17-40-37-14-3-6-21-44(37)61-51(40)47,32-59-48-25-11-18-41-38-15-4-7-22-45(38)62-52(41)48)33-60-49-26-12-19-42-39-16-5-8-23-46(39)63-53(42)49/h2-29,55H,1,30-33H2. The minimum absolute atomic E-state index is 0.188. The van der Waals surface area contributed by atoms with Crippen molar-refractivity contribution >= 4 is 152 Å². The number of benzene rings is 8. The third kappa shape index (κ3) is 7.90. The van der Waals surface area contributed by atoms with Gasteiger partial charge in [-0.1, -0.05) is 110 Å². The molecule has 0 saturated carbocycles. The van der Waals surface area contributed by atoms with Gasteiger partial charge >= 0.3 is 5.97 Å². The van der Waals surface area contributed by atoms with E-state index in [-0.39, 0.29) is 5.41 Å². The Morgan fingerprint density at radius 3 is 1.44 bits per heavy atom. The molecule has 308 valence electrons. The van der Waals surface area contributed by atoms with Crippen LogP contribution in [0.1, 0.15) is 0 Å². The van der Waals surface area contributed by atoms with Gasteiger partial charge in [-0.05, 0) is 66.0 Å². The molecular formula is C54H39NO2S6. The van der Waals surface area contributed by atoms with Crippen LogP contribution in [-0.2, 0) is 4.79 Å². The van der Waals surface area contributed by atoms with E-state index in [1.807, 2.05) is 81.4 Å². The number of fused-ring (bicyclic) bond motifs is 10. The summed E-state index contributed by atoms with van der Waals surface area (Å²) < 4.78 is 13.7. The summed E-state index contributed by atoms with van der Waals surface area (Å²) in [6.07, 6.45) is 1.20. The first-order valence-electron chi connectivity index (χ1n) is 20.7. The predicted octanol–water partition coefficient (Wildman–Crippen LogP) is 16.8. The van der Waals surface area contributed by atoms with Crippen LogP contribution in [-0.4, -0.2) is 29.8 Å². The second-order valence-electron chi connectivity index (χ2n) is 15.7. The van der Waals surface area contributed by atoms with E-state index in [4.69, 9.17) is 4.74 Å². The number of hydrogen-bond acceptors (Lipinski definition) is 9. The molecule has 0 radical (unpaired) electrons. The van der Waals surface area contributed by atoms with Gasteiger partial charge in [-0.25, -0.2) is 4.79 Å². The molecule has 0 spiro atoms. The first kappa shape index (κ1) is 40.5. The van der Waals surface area contributed by atoms with E-state index in [0.29, 0.717) is 5.75 Å². The Morgan fingerprint density at radius 2 is 0.968 bits per heavy atom. The average Bonchev–Trinajstić information content (AvgIpc) is 4.03. The Hall–Kier alpha value is -5.26. The van der Waals surface area contributed by atoms with E-state index in [1.54, 1.807) is 0 Å². The Balaban J connectivity index is 0.999. The molecule has 0 aliphatic rings. The molecule has 0 aliphatic heterocycles. The molecule has 3 heterocycles. The second-order valence-corrected chi connectivity index (χ2v) is 21.9. The molecule has 0 unspecified atom stereocenters. The molecule has 0 amide bonds. The number of ether oxygens (including phenoxy) is 1. The van der Waals surface area contributed by atoms with Crippen molar-refractivity contribution in [1.82, 2.24) is 0 Å². The first-order valence-corrected chi connectivity index (χ1v) is 26.1. The highest BCUT2D eigenvalue weighted by atomic mass is 32.2. The van der Waals surface area contributed by atoms with Gasteiger partial charge in [0.1, 0.15) is 5.75 Å². The smallest absolute Gasteiger partial charge is 0.335 e. The third-order valence-corrected chi connectivity index (χ3v) is 19.9. The van der Waals surface area contributed by atoms with E-state index in [1.165, 1.54) is 81.3 Å². The molecule has 0 aliphatic carbocycles. The summed E-state index contributed by atoms with van der Waals surface area (Å²) in [5.74, 6) is 2.79. The van der Waals surface area contributed by atoms with Crippen LogP contribution in [0.15, 0.2) is 191 Å². The zero-order valence-electron chi connectivity index (χ0n) is 34.0. The molecule has 0 saturated heterocycles. The fourth-order valence-electron chi connectivity index (χ4n) is 8.37. The molecule has 3 aromatic heterocycles. The van der Waals surface area contributed by atoms with Gasteiger partial charge in [-0.2, -0.15) is 0 Å². The zero-order chi connectivity index (χ0) is 42.3. The van der Waals surface area contributed by atoms with Crippen LogP contribution in [0, 0.1) is 5.41 Å². The molecular weight excluding hydrogens is 887 g/mol. The SMILES string of the molecule is C=CC(=O)Oc1cccc2cc(NCC(CSc3cccc4c3sc3ccccc34)(CSc3cccc4c3sc3ccccc34)CSc3cccc4c3sc3ccccc34)ccc12. The van der Waals surface area contributed by atoms with E-state index < -0.39 is 5.97 Å². The lowest BCUT2D eigenvalue weighted by Gasteiger charge is -2.34. The average molecular weight is 926 g/mol. The molecule has 11 rings (SSSR count). The fraction of sp³-hybridized carbons (Fsp3) is 0.0926. The largest absolute Gasteiger partial charge is 0.423 e. The Labute approximate surface area is 390 Å². The quantitative estimate of drug-likeness (QED) is 0.0507. The number of thioether (sulfide) groups is 3. The number of esters is 1. The molecule has 0 bridgehead atoms. The summed E-state index contributed by atoms with van der Waals surface area (Å²) >= 11 is 11.7. The molecule has 0 fully saturated rings. The van der Waals surface area contributed by atoms with Crippen molar-refractivity contribution in [2.24, 2.45) is 5.41 Å². The number of anilines is 1. The summed E-state index contributed by atoms with van der Waals surface area (Å²) in [6.45, 7) is 4.34. The van der Waals surface area contributed by atoms with E-state index in [2.05, 4.69) is 164 Å². The van der Waals surface area contributed by atoms with E-state index in [0.717, 1.165) is 40.3 Å². The molecule has 11 aromatic rings. The Bertz CT molecular complexity index is 3250. The van der Waals surface area contributed by atoms with Crippen molar-refractivity contribution in [1.29, 1.82) is 0 Å². The third-order valence-electron chi connectivity index (χ3n) is 11.6. The predicted molar refractivity (Wildman–Crippen MR) is 281 cm³/mol. The zero-order valence-corrected chi connectivity index (χ0v) is 38.9. The van der Waals surface area contributed by atoms with Gasteiger partial charge in [0, 0.05) is 122 Å². The summed E-state index contributed by atoms with van der Waals surface area (Å²) in [4.78, 5) is 16.2. The molecule has 0 atom stereocenters. The Morgan fingerprint density at radius 1 is 0.524 bits per heavy atom. The van der Waals surface area contributed by atoms with Crippen LogP contribution in [0.25, 0.3) is 71.3 Å². The normalized spacial score (nSPS) is 12.1. The minimum Gasteiger partial charge on any atom is -0.423 e. The summed E-state index contributed by atoms with van der Waals surface area (Å²) in [6, 6.07) is 59.0. The summed E-state index contributed by atoms with van der Waals surface area (Å²) in [5, 5.41) is 13.8. The Kier molecular flexibility index (Phi) is 11.2. The maximum atomic E-state index is 12.2. The highest BCUT2D eigenvalue weighted by Crippen LogP contribution is 2.47. The van der Waals surface area contributed by atoms with Gasteiger partial charge in [0.25, 0.3) is 0 Å². The van der Waals surface area contributed by atoms with Crippen molar-refractivity contribution in [2.75, 3.05) is 29.1 Å². The van der Waals surface area contributed by atoms with Gasteiger partial charge < -0.3 is 10.1 Å². The fourth-order valence-corrected chi connectivity index (χ4v) is 16.5. The van der Waals surface area contributed by atoms with Crippen LogP contribution in [0.3, 0.4) is 0 Å². The lowest BCUT2D eigenvalue weighted by Crippen LogP contribution is -2.37. The lowest BCUT2D eigenvalue weighted by atomic mass is 9.95. The number of nitrogens with one attached hydrogen (secondary N) is 1. The van der Waals surface area contributed by atoms with Crippen molar-refractivity contribution in [3.05, 3.63) is 176 Å². The maximum Gasteiger partial charge on any atom is 0.335 e. The topological polar surface area (TPSA) is 38.3 Å². The van der Waals surface area contributed by atoms with Gasteiger partial charge in [0.05, 0.1) is 0 Å². The first-order chi connectivity index (χ1) is 31.0. The second kappa shape index (κ2) is 17.4. The highest BCUT2D eigenvalue weighted by Gasteiger charge is 2.33. The molecule has 1 N–H and O–H groups in total. The van der Waals surface area contributed by atoms with E-state index >= 15 is 0 Å². The van der Waals surface area contributed by atoms with Crippen LogP contribution in [0.5, 0.6) is 5.75 Å². The molecule has 3 nitrogen and oxygen atoms in total. The molecule has 9 heteroatoms. The number of carbonyl (C=O) groups is 1. The van der Waals surface area contributed by atoms with Crippen LogP contribution in [0.2, 0.25) is 0 Å². The highest BCUT2D eigenvalue weighted by molar-refractivity contribution is 8.01. The molecule has 63 heavy (non-hydrogen) atoms. The van der Waals surface area contributed by atoms with Gasteiger partial charge in [-0.15, -0.1) is 69.3 Å². The van der Waals surface area contributed by atoms with Crippen molar-refractivity contribution in [3.63, 3.8) is 0 Å². The van der Waals surface area contributed by atoms with Crippen LogP contribution < -0.4 is 10.1 Å². The number of hydrogen-bond donors (Lipinski definition) is 1. The minimum atomic E-state index is -0.467. The van der Waals surface area contributed by atoms with Gasteiger partial charge in [0.2, 0.25) is 0 Å². The summed E-state index contributed by atoms with van der Waals surface area (Å²) in [7, 11) is 0. The van der Waals surface area contributed by atoms with Gasteiger partial charge in [0.15, 0.2) is 0 Å². The lowest BCUT2D eigenvalue weighted by molar-refractivity contribution is -0.128. The van der Waals surface area contributed by atoms with E-state index in [9.17, 15) is 4.79 Å². The monoisotopic (exact) mass is 925 g/mol. The molecule has 8 aromatic carbocycles. The van der Waals surface area contributed by atoms with Crippen LogP contribution >= 0.6 is 69.3 Å². The van der Waals surface area contributed by atoms with Crippen molar-refractivity contribution in [3.8, 4) is 5.75 Å². The number of rotatable bonds is 14. The van der Waals surface area contributed by atoms with Gasteiger partial charge in [-0.3, -0.25) is 0 Å². The summed E-state index contributed by atoms with van der Waals surface area (Å²) in [5.41, 5.74) is 0.844. The maximum absolute atomic E-state index is 12.2.